The fraction of sp³-hybridized carbons (Fsp3) is 0.480. The molecular formula is C25H34FN3O2. The van der Waals surface area contributed by atoms with Crippen molar-refractivity contribution in [2.75, 3.05) is 18.4 Å². The fourth-order valence-corrected chi connectivity index (χ4v) is 4.06. The van der Waals surface area contributed by atoms with Crippen molar-refractivity contribution in [2.24, 2.45) is 0 Å². The maximum absolute atomic E-state index is 13.6. The first-order chi connectivity index (χ1) is 14.6. The standard InChI is InChI=1S/C25H34FN3O2/c1-16(30)29-23(13-17-6-5-7-19(26)12-17)24(31)15-28-22-10-11-27-21-9-8-18(14-20(21)22)25(2,3)4/h5-9,12,14,22-24,27-28,31H,10-11,13,15H2,1-4H3,(H,29,30). The van der Waals surface area contributed by atoms with Crippen LogP contribution in [0.1, 0.15) is 56.8 Å². The van der Waals surface area contributed by atoms with Crippen molar-refractivity contribution < 1.29 is 14.3 Å². The first-order valence-electron chi connectivity index (χ1n) is 10.9. The van der Waals surface area contributed by atoms with Crippen LogP contribution in [0.2, 0.25) is 0 Å². The number of hydrogen-bond acceptors (Lipinski definition) is 4. The van der Waals surface area contributed by atoms with Gasteiger partial charge in [0.1, 0.15) is 5.82 Å². The zero-order chi connectivity index (χ0) is 22.6. The van der Waals surface area contributed by atoms with Crippen molar-refractivity contribution in [1.29, 1.82) is 0 Å². The molecule has 5 nitrogen and oxygen atoms in total. The lowest BCUT2D eigenvalue weighted by atomic mass is 9.84. The second-order valence-corrected chi connectivity index (χ2v) is 9.44. The Morgan fingerprint density at radius 1 is 1.26 bits per heavy atom. The summed E-state index contributed by atoms with van der Waals surface area (Å²) in [5.74, 6) is -0.546. The summed E-state index contributed by atoms with van der Waals surface area (Å²) >= 11 is 0. The van der Waals surface area contributed by atoms with Crippen LogP contribution in [0.4, 0.5) is 10.1 Å². The third-order valence-corrected chi connectivity index (χ3v) is 5.81. The van der Waals surface area contributed by atoms with Crippen molar-refractivity contribution >= 4 is 11.6 Å². The zero-order valence-electron chi connectivity index (χ0n) is 18.8. The van der Waals surface area contributed by atoms with E-state index in [-0.39, 0.29) is 23.2 Å². The lowest BCUT2D eigenvalue weighted by molar-refractivity contribution is -0.120. The fourth-order valence-electron chi connectivity index (χ4n) is 4.06. The van der Waals surface area contributed by atoms with E-state index in [0.29, 0.717) is 13.0 Å². The van der Waals surface area contributed by atoms with Gasteiger partial charge in [-0.05, 0) is 53.1 Å². The van der Waals surface area contributed by atoms with E-state index < -0.39 is 12.1 Å². The highest BCUT2D eigenvalue weighted by Gasteiger charge is 2.26. The van der Waals surface area contributed by atoms with Crippen LogP contribution in [0.5, 0.6) is 0 Å². The molecule has 0 bridgehead atoms. The Morgan fingerprint density at radius 3 is 2.71 bits per heavy atom. The summed E-state index contributed by atoms with van der Waals surface area (Å²) in [6.07, 6.45) is 0.454. The number of carbonyl (C=O) groups excluding carboxylic acids is 1. The van der Waals surface area contributed by atoms with E-state index in [9.17, 15) is 14.3 Å². The summed E-state index contributed by atoms with van der Waals surface area (Å²) in [7, 11) is 0. The molecule has 4 N–H and O–H groups in total. The molecular weight excluding hydrogens is 393 g/mol. The molecule has 3 unspecified atom stereocenters. The number of nitrogens with one attached hydrogen (secondary N) is 3. The van der Waals surface area contributed by atoms with Gasteiger partial charge in [-0.3, -0.25) is 4.79 Å². The predicted molar refractivity (Wildman–Crippen MR) is 123 cm³/mol. The molecule has 2 aromatic carbocycles. The molecule has 6 heteroatoms. The van der Waals surface area contributed by atoms with Crippen LogP contribution in [-0.2, 0) is 16.6 Å². The summed E-state index contributed by atoms with van der Waals surface area (Å²) < 4.78 is 13.6. The summed E-state index contributed by atoms with van der Waals surface area (Å²) in [6, 6.07) is 12.4. The molecule has 3 rings (SSSR count). The van der Waals surface area contributed by atoms with Crippen LogP contribution >= 0.6 is 0 Å². The van der Waals surface area contributed by atoms with Crippen LogP contribution in [0.15, 0.2) is 42.5 Å². The quantitative estimate of drug-likeness (QED) is 0.544. The van der Waals surface area contributed by atoms with Gasteiger partial charge in [0.05, 0.1) is 12.1 Å². The van der Waals surface area contributed by atoms with Gasteiger partial charge in [-0.25, -0.2) is 4.39 Å². The number of anilines is 1. The second kappa shape index (κ2) is 9.79. The number of carbonyl (C=O) groups is 1. The molecule has 0 saturated heterocycles. The number of aliphatic hydroxyl groups is 1. The van der Waals surface area contributed by atoms with Gasteiger partial charge < -0.3 is 21.1 Å². The number of benzene rings is 2. The molecule has 2 aromatic rings. The molecule has 31 heavy (non-hydrogen) atoms. The van der Waals surface area contributed by atoms with Gasteiger partial charge in [0.15, 0.2) is 0 Å². The topological polar surface area (TPSA) is 73.4 Å². The highest BCUT2D eigenvalue weighted by atomic mass is 19.1. The molecule has 0 aliphatic carbocycles. The molecule has 1 aliphatic heterocycles. The van der Waals surface area contributed by atoms with E-state index in [1.54, 1.807) is 12.1 Å². The Balaban J connectivity index is 1.71. The second-order valence-electron chi connectivity index (χ2n) is 9.44. The number of hydrogen-bond donors (Lipinski definition) is 4. The zero-order valence-corrected chi connectivity index (χ0v) is 18.8. The largest absolute Gasteiger partial charge is 0.390 e. The van der Waals surface area contributed by atoms with Gasteiger partial charge in [0.25, 0.3) is 0 Å². The Hall–Kier alpha value is -2.44. The summed E-state index contributed by atoms with van der Waals surface area (Å²) in [4.78, 5) is 11.7. The van der Waals surface area contributed by atoms with Crippen LogP contribution < -0.4 is 16.0 Å². The van der Waals surface area contributed by atoms with Crippen molar-refractivity contribution in [2.45, 2.75) is 64.1 Å². The third-order valence-electron chi connectivity index (χ3n) is 5.81. The molecule has 3 atom stereocenters. The van der Waals surface area contributed by atoms with Gasteiger partial charge in [0, 0.05) is 31.7 Å². The lowest BCUT2D eigenvalue weighted by Gasteiger charge is -2.32. The highest BCUT2D eigenvalue weighted by molar-refractivity contribution is 5.73. The molecule has 0 radical (unpaired) electrons. The van der Waals surface area contributed by atoms with Gasteiger partial charge in [-0.15, -0.1) is 0 Å². The molecule has 168 valence electrons. The third kappa shape index (κ3) is 6.28. The number of halogens is 1. The van der Waals surface area contributed by atoms with E-state index in [0.717, 1.165) is 24.2 Å². The van der Waals surface area contributed by atoms with Gasteiger partial charge in [-0.1, -0.05) is 45.0 Å². The minimum Gasteiger partial charge on any atom is -0.390 e. The minimum atomic E-state index is -0.809. The Bertz CT molecular complexity index is 910. The molecule has 0 saturated carbocycles. The average Bonchev–Trinajstić information content (AvgIpc) is 2.70. The predicted octanol–water partition coefficient (Wildman–Crippen LogP) is 3.68. The number of fused-ring (bicyclic) bond motifs is 1. The van der Waals surface area contributed by atoms with Crippen LogP contribution in [0.25, 0.3) is 0 Å². The van der Waals surface area contributed by atoms with E-state index in [1.807, 2.05) is 0 Å². The monoisotopic (exact) mass is 427 g/mol. The van der Waals surface area contributed by atoms with Crippen LogP contribution in [0, 0.1) is 5.82 Å². The number of aliphatic hydroxyl groups excluding tert-OH is 1. The Morgan fingerprint density at radius 2 is 2.03 bits per heavy atom. The summed E-state index contributed by atoms with van der Waals surface area (Å²) in [5, 5.41) is 20.6. The molecule has 1 aliphatic rings. The van der Waals surface area contributed by atoms with Gasteiger partial charge in [0.2, 0.25) is 5.91 Å². The Labute approximate surface area is 184 Å². The number of rotatable bonds is 7. The average molecular weight is 428 g/mol. The molecule has 0 spiro atoms. The lowest BCUT2D eigenvalue weighted by Crippen LogP contribution is -2.48. The maximum atomic E-state index is 13.6. The van der Waals surface area contributed by atoms with Crippen molar-refractivity contribution in [3.8, 4) is 0 Å². The van der Waals surface area contributed by atoms with Gasteiger partial charge >= 0.3 is 0 Å². The van der Waals surface area contributed by atoms with E-state index in [1.165, 1.54) is 30.2 Å². The molecule has 0 fully saturated rings. The number of amides is 1. The van der Waals surface area contributed by atoms with E-state index in [4.69, 9.17) is 0 Å². The summed E-state index contributed by atoms with van der Waals surface area (Å²) in [6.45, 7) is 9.19. The van der Waals surface area contributed by atoms with Crippen LogP contribution in [0.3, 0.4) is 0 Å². The minimum absolute atomic E-state index is 0.0536. The highest BCUT2D eigenvalue weighted by Crippen LogP contribution is 2.34. The first-order valence-corrected chi connectivity index (χ1v) is 10.9. The van der Waals surface area contributed by atoms with E-state index in [2.05, 4.69) is 54.9 Å². The first kappa shape index (κ1) is 23.2. The molecule has 1 heterocycles. The molecule has 0 aromatic heterocycles. The van der Waals surface area contributed by atoms with Crippen molar-refractivity contribution in [1.82, 2.24) is 10.6 Å². The SMILES string of the molecule is CC(=O)NC(Cc1cccc(F)c1)C(O)CNC1CCNc2ccc(C(C)(C)C)cc21. The maximum Gasteiger partial charge on any atom is 0.217 e. The van der Waals surface area contributed by atoms with Crippen molar-refractivity contribution in [3.05, 3.63) is 65.0 Å². The van der Waals surface area contributed by atoms with Crippen LogP contribution in [-0.4, -0.2) is 36.2 Å². The van der Waals surface area contributed by atoms with Crippen molar-refractivity contribution in [3.63, 3.8) is 0 Å². The van der Waals surface area contributed by atoms with E-state index >= 15 is 0 Å². The normalized spacial score (nSPS) is 17.9. The molecule has 1 amide bonds. The smallest absolute Gasteiger partial charge is 0.217 e. The Kier molecular flexibility index (Phi) is 7.34. The van der Waals surface area contributed by atoms with Gasteiger partial charge in [-0.2, -0.15) is 0 Å². The summed E-state index contributed by atoms with van der Waals surface area (Å²) in [5.41, 5.74) is 4.37.